The first-order valence-electron chi connectivity index (χ1n) is 23.9. The lowest BCUT2D eigenvalue weighted by molar-refractivity contribution is -0.401. The Morgan fingerprint density at radius 1 is 0.806 bits per heavy atom. The minimum Gasteiger partial charge on any atom is -0.370 e. The van der Waals surface area contributed by atoms with E-state index in [1.54, 1.807) is 25.1 Å². The number of hydrogen-bond acceptors (Lipinski definition) is 9. The summed E-state index contributed by atoms with van der Waals surface area (Å²) in [4.78, 5) is 32.7. The SMILES string of the molecule is CC(=O)[C@@H](C)N(C)CCCCCCNC(N)=NCCCCCCCC(=O)CCCCCN1C(=CC=CC=CC2=[N+](C)c3ccc(S(=O)(=O)O)cc3C2(C)C)C(C)(C)c2cc(S(=O)(=O)O)ccc21. The van der Waals surface area contributed by atoms with E-state index in [2.05, 4.69) is 20.1 Å². The quantitative estimate of drug-likeness (QED) is 0.0158. The third kappa shape index (κ3) is 15.5. The fraction of sp³-hybridized carbons (Fsp3) is 0.569. The number of rotatable bonds is 28. The molecule has 0 amide bonds. The molecule has 5 N–H and O–H groups in total. The molecule has 2 aliphatic rings. The van der Waals surface area contributed by atoms with Crippen molar-refractivity contribution in [3.05, 3.63) is 83.6 Å². The molecular weight excluding hydrogens is 889 g/mol. The number of fused-ring (bicyclic) bond motifs is 2. The second kappa shape index (κ2) is 24.7. The number of benzene rings is 2. The zero-order chi connectivity index (χ0) is 49.6. The summed E-state index contributed by atoms with van der Waals surface area (Å²) >= 11 is 0. The first kappa shape index (κ1) is 55.1. The normalized spacial score (nSPS) is 17.0. The smallest absolute Gasteiger partial charge is 0.294 e. The van der Waals surface area contributed by atoms with Gasteiger partial charge in [-0.2, -0.15) is 21.4 Å². The number of nitrogens with zero attached hydrogens (tertiary/aromatic N) is 4. The van der Waals surface area contributed by atoms with Crippen molar-refractivity contribution in [2.24, 2.45) is 10.7 Å². The Hall–Kier alpha value is -4.48. The van der Waals surface area contributed by atoms with E-state index in [1.165, 1.54) is 18.2 Å². The van der Waals surface area contributed by atoms with Crippen LogP contribution < -0.4 is 16.0 Å². The molecule has 370 valence electrons. The summed E-state index contributed by atoms with van der Waals surface area (Å²) in [7, 11) is -4.83. The molecule has 67 heavy (non-hydrogen) atoms. The van der Waals surface area contributed by atoms with Gasteiger partial charge in [0.05, 0.1) is 21.2 Å². The van der Waals surface area contributed by atoms with Gasteiger partial charge in [0, 0.05) is 67.0 Å². The summed E-state index contributed by atoms with van der Waals surface area (Å²) in [6.45, 7) is 14.8. The van der Waals surface area contributed by atoms with Gasteiger partial charge in [0.15, 0.2) is 11.7 Å². The molecule has 1 atom stereocenters. The van der Waals surface area contributed by atoms with E-state index in [9.17, 15) is 35.5 Å². The van der Waals surface area contributed by atoms with Crippen molar-refractivity contribution >= 4 is 54.8 Å². The molecule has 0 saturated carbocycles. The van der Waals surface area contributed by atoms with E-state index >= 15 is 0 Å². The molecule has 0 saturated heterocycles. The van der Waals surface area contributed by atoms with Gasteiger partial charge in [0.25, 0.3) is 20.2 Å². The monoisotopic (exact) mass is 966 g/mol. The van der Waals surface area contributed by atoms with Crippen LogP contribution in [-0.4, -0.2) is 105 Å². The van der Waals surface area contributed by atoms with Gasteiger partial charge in [0.1, 0.15) is 18.6 Å². The van der Waals surface area contributed by atoms with Crippen LogP contribution in [0.4, 0.5) is 11.4 Å². The summed E-state index contributed by atoms with van der Waals surface area (Å²) < 4.78 is 69.5. The van der Waals surface area contributed by atoms with Gasteiger partial charge in [-0.25, -0.2) is 0 Å². The van der Waals surface area contributed by atoms with E-state index in [0.717, 1.165) is 124 Å². The number of allylic oxidation sites excluding steroid dienone is 6. The predicted octanol–water partition coefficient (Wildman–Crippen LogP) is 8.82. The zero-order valence-corrected chi connectivity index (χ0v) is 42.8. The minimum absolute atomic E-state index is 0.0263. The van der Waals surface area contributed by atoms with Crippen LogP contribution in [0.15, 0.2) is 87.3 Å². The molecule has 0 unspecified atom stereocenters. The van der Waals surface area contributed by atoms with Crippen LogP contribution in [0, 0.1) is 0 Å². The van der Waals surface area contributed by atoms with Crippen LogP contribution in [-0.2, 0) is 40.7 Å². The Morgan fingerprint density at radius 2 is 1.39 bits per heavy atom. The average Bonchev–Trinajstić information content (AvgIpc) is 3.59. The Labute approximate surface area is 401 Å². The van der Waals surface area contributed by atoms with Crippen LogP contribution in [0.2, 0.25) is 0 Å². The number of ketones is 2. The van der Waals surface area contributed by atoms with E-state index in [4.69, 9.17) is 5.73 Å². The maximum absolute atomic E-state index is 12.7. The standard InChI is InChI=1S/C51H76N6O8S2/c1-38(39(2)58)55(7)34-22-13-12-21-33-54-49(52)53-32-20-11-9-10-16-24-40(59)25-17-15-23-35-57-46-31-29-42(67(63,64)65)37-44(46)51(5,6)48(57)27-19-14-18-26-47-50(3,4)43-36-41(66(60,61)62)28-30-45(43)56(47)8/h14,18-19,26-31,36-38H,9-13,15-17,20-25,32-35H2,1-8H3,(H4-,52,53,54,60,61,62,63,64,65)/p+1/t38-/m1/s1. The molecule has 16 heteroatoms. The molecule has 2 aromatic carbocycles. The van der Waals surface area contributed by atoms with Gasteiger partial charge >= 0.3 is 0 Å². The fourth-order valence-electron chi connectivity index (χ4n) is 9.06. The molecule has 2 aliphatic heterocycles. The number of anilines is 1. The summed E-state index contributed by atoms with van der Waals surface area (Å²) in [6.07, 6.45) is 22.7. The molecule has 0 bridgehead atoms. The summed E-state index contributed by atoms with van der Waals surface area (Å²) in [5.74, 6) is 0.984. The number of carbonyl (C=O) groups is 2. The molecule has 2 heterocycles. The highest BCUT2D eigenvalue weighted by atomic mass is 32.2. The molecule has 2 aromatic rings. The Balaban J connectivity index is 1.19. The number of likely N-dealkylation sites (N-methyl/N-ethyl adjacent to an activating group) is 1. The maximum atomic E-state index is 12.7. The van der Waals surface area contributed by atoms with Crippen LogP contribution in [0.5, 0.6) is 0 Å². The van der Waals surface area contributed by atoms with Gasteiger partial charge in [0.2, 0.25) is 5.69 Å². The van der Waals surface area contributed by atoms with Gasteiger partial charge < -0.3 is 16.0 Å². The first-order chi connectivity index (χ1) is 31.5. The number of unbranched alkanes of at least 4 members (excludes halogenated alkanes) is 9. The van der Waals surface area contributed by atoms with Crippen LogP contribution >= 0.6 is 0 Å². The lowest BCUT2D eigenvalue weighted by Gasteiger charge is -2.27. The number of hydrogen-bond donors (Lipinski definition) is 4. The number of Topliss-reactive ketones (excluding diaryl/α,β-unsaturated/α-hetero) is 2. The second-order valence-electron chi connectivity index (χ2n) is 19.2. The molecule has 0 radical (unpaired) electrons. The Bertz CT molecular complexity index is 2440. The highest BCUT2D eigenvalue weighted by Crippen LogP contribution is 2.48. The number of nitrogens with one attached hydrogen (secondary N) is 1. The number of nitrogens with two attached hydrogens (primary N) is 1. The van der Waals surface area contributed by atoms with Crippen LogP contribution in [0.3, 0.4) is 0 Å². The van der Waals surface area contributed by atoms with Gasteiger partial charge in [-0.3, -0.25) is 28.6 Å². The van der Waals surface area contributed by atoms with Crippen molar-refractivity contribution in [1.82, 2.24) is 10.2 Å². The van der Waals surface area contributed by atoms with E-state index in [0.29, 0.717) is 37.7 Å². The minimum atomic E-state index is -4.40. The summed E-state index contributed by atoms with van der Waals surface area (Å²) in [5.41, 5.74) is 10.2. The zero-order valence-electron chi connectivity index (χ0n) is 41.2. The van der Waals surface area contributed by atoms with Crippen LogP contribution in [0.1, 0.15) is 143 Å². The third-order valence-corrected chi connectivity index (χ3v) is 15.1. The van der Waals surface area contributed by atoms with Crippen molar-refractivity contribution < 1.29 is 40.1 Å². The number of guanidine groups is 1. The van der Waals surface area contributed by atoms with Gasteiger partial charge in [-0.15, -0.1) is 0 Å². The van der Waals surface area contributed by atoms with E-state index in [-0.39, 0.29) is 21.6 Å². The lowest BCUT2D eigenvalue weighted by atomic mass is 9.81. The van der Waals surface area contributed by atoms with E-state index in [1.807, 2.05) is 83.7 Å². The van der Waals surface area contributed by atoms with Gasteiger partial charge in [-0.05, 0) is 122 Å². The molecule has 4 rings (SSSR count). The Morgan fingerprint density at radius 3 is 2.04 bits per heavy atom. The third-order valence-electron chi connectivity index (χ3n) is 13.4. The predicted molar refractivity (Wildman–Crippen MR) is 270 cm³/mol. The molecule has 0 aromatic heterocycles. The van der Waals surface area contributed by atoms with Crippen molar-refractivity contribution in [2.75, 3.05) is 45.2 Å². The molecule has 14 nitrogen and oxygen atoms in total. The highest BCUT2D eigenvalue weighted by Gasteiger charge is 2.44. The molecular formula is C51H77N6O8S2+. The first-order valence-corrected chi connectivity index (χ1v) is 26.8. The number of aliphatic imine (C=N–C) groups is 1. The number of carbonyl (C=O) groups excluding carboxylic acids is 2. The Kier molecular flexibility index (Phi) is 20.3. The highest BCUT2D eigenvalue weighted by molar-refractivity contribution is 7.86. The largest absolute Gasteiger partial charge is 0.370 e. The van der Waals surface area contributed by atoms with Crippen LogP contribution in [0.25, 0.3) is 0 Å². The maximum Gasteiger partial charge on any atom is 0.294 e. The van der Waals surface area contributed by atoms with E-state index < -0.39 is 31.1 Å². The second-order valence-corrected chi connectivity index (χ2v) is 22.0. The fourth-order valence-corrected chi connectivity index (χ4v) is 10.1. The lowest BCUT2D eigenvalue weighted by Crippen LogP contribution is -2.35. The van der Waals surface area contributed by atoms with Crippen molar-refractivity contribution in [2.45, 2.75) is 158 Å². The van der Waals surface area contributed by atoms with Crippen molar-refractivity contribution in [1.29, 1.82) is 0 Å². The summed E-state index contributed by atoms with van der Waals surface area (Å²) in [5, 5.41) is 3.20. The molecule has 0 fully saturated rings. The van der Waals surface area contributed by atoms with Crippen molar-refractivity contribution in [3.63, 3.8) is 0 Å². The van der Waals surface area contributed by atoms with Crippen molar-refractivity contribution in [3.8, 4) is 0 Å². The average molecular weight is 966 g/mol. The van der Waals surface area contributed by atoms with Gasteiger partial charge in [-0.1, -0.05) is 70.6 Å². The molecule has 0 spiro atoms. The molecule has 0 aliphatic carbocycles. The topological polar surface area (TPSA) is 203 Å². The summed E-state index contributed by atoms with van der Waals surface area (Å²) in [6, 6.07) is 9.33.